The number of hydrogen-bond donors (Lipinski definition) is 1. The van der Waals surface area contributed by atoms with Crippen LogP contribution in [0, 0.1) is 0 Å². The van der Waals surface area contributed by atoms with Crippen LogP contribution in [-0.4, -0.2) is 15.8 Å². The first-order valence-corrected chi connectivity index (χ1v) is 3.61. The molecule has 56 valence electrons. The van der Waals surface area contributed by atoms with Gasteiger partial charge in [-0.15, -0.1) is 0 Å². The molecule has 0 fully saturated rings. The number of aliphatic hydroxyl groups excluding tert-OH is 1. The number of aliphatic hydroxyl groups is 1. The van der Waals surface area contributed by atoms with E-state index in [9.17, 15) is 5.11 Å². The predicted molar refractivity (Wildman–Crippen MR) is 40.7 cm³/mol. The lowest BCUT2D eigenvalue weighted by molar-refractivity contribution is 0.150. The van der Waals surface area contributed by atoms with Gasteiger partial charge >= 0.3 is 0 Å². The fourth-order valence-electron chi connectivity index (χ4n) is 0.864. The molecule has 0 amide bonds. The minimum absolute atomic E-state index is 0.201. The third kappa shape index (κ3) is 1.88. The van der Waals surface area contributed by atoms with E-state index in [-0.39, 0.29) is 6.10 Å². The van der Waals surface area contributed by atoms with Gasteiger partial charge in [0.25, 0.3) is 0 Å². The van der Waals surface area contributed by atoms with Crippen LogP contribution in [-0.2, 0) is 6.54 Å². The van der Waals surface area contributed by atoms with Gasteiger partial charge in [-0.2, -0.15) is 0 Å². The third-order valence-electron chi connectivity index (χ3n) is 1.56. The second-order valence-corrected chi connectivity index (χ2v) is 2.44. The van der Waals surface area contributed by atoms with E-state index in [2.05, 4.69) is 0 Å². The van der Waals surface area contributed by atoms with Gasteiger partial charge in [0.05, 0.1) is 6.10 Å². The van der Waals surface area contributed by atoms with Crippen LogP contribution in [0.5, 0.6) is 0 Å². The summed E-state index contributed by atoms with van der Waals surface area (Å²) in [5, 5.41) is 9.21. The van der Waals surface area contributed by atoms with E-state index in [4.69, 9.17) is 0 Å². The summed E-state index contributed by atoms with van der Waals surface area (Å²) in [6.45, 7) is 2.69. The van der Waals surface area contributed by atoms with Gasteiger partial charge in [0, 0.05) is 18.9 Å². The summed E-state index contributed by atoms with van der Waals surface area (Å²) in [5.74, 6) is 0. The van der Waals surface area contributed by atoms with Crippen LogP contribution in [0.25, 0.3) is 0 Å². The van der Waals surface area contributed by atoms with E-state index >= 15 is 0 Å². The van der Waals surface area contributed by atoms with E-state index in [0.29, 0.717) is 6.54 Å². The highest BCUT2D eigenvalue weighted by molar-refractivity contribution is 4.90. The van der Waals surface area contributed by atoms with Crippen LogP contribution < -0.4 is 0 Å². The maximum absolute atomic E-state index is 9.21. The van der Waals surface area contributed by atoms with Crippen LogP contribution in [0.1, 0.15) is 13.3 Å². The molecule has 0 aromatic carbocycles. The van der Waals surface area contributed by atoms with E-state index in [1.54, 1.807) is 0 Å². The van der Waals surface area contributed by atoms with E-state index in [1.807, 2.05) is 36.0 Å². The maximum Gasteiger partial charge on any atom is 0.0716 e. The van der Waals surface area contributed by atoms with E-state index in [0.717, 1.165) is 6.42 Å². The number of aromatic nitrogens is 1. The van der Waals surface area contributed by atoms with Gasteiger partial charge in [-0.3, -0.25) is 0 Å². The number of hydrogen-bond acceptors (Lipinski definition) is 1. The fourth-order valence-corrected chi connectivity index (χ4v) is 0.864. The van der Waals surface area contributed by atoms with Gasteiger partial charge in [-0.1, -0.05) is 6.92 Å². The van der Waals surface area contributed by atoms with Crippen LogP contribution in [0.2, 0.25) is 0 Å². The number of nitrogens with zero attached hydrogens (tertiary/aromatic N) is 1. The molecule has 10 heavy (non-hydrogen) atoms. The Hall–Kier alpha value is -0.760. The predicted octanol–water partition coefficient (Wildman–Crippen LogP) is 1.26. The molecule has 2 nitrogen and oxygen atoms in total. The second kappa shape index (κ2) is 3.42. The zero-order chi connectivity index (χ0) is 7.40. The minimum atomic E-state index is -0.201. The van der Waals surface area contributed by atoms with Crippen molar-refractivity contribution in [3.63, 3.8) is 0 Å². The molecule has 0 radical (unpaired) electrons. The summed E-state index contributed by atoms with van der Waals surface area (Å²) in [6.07, 6.45) is 4.53. The molecular weight excluding hydrogens is 126 g/mol. The highest BCUT2D eigenvalue weighted by Crippen LogP contribution is 1.96. The molecule has 1 atom stereocenters. The minimum Gasteiger partial charge on any atom is -0.391 e. The summed E-state index contributed by atoms with van der Waals surface area (Å²) in [5.41, 5.74) is 0. The standard InChI is InChI=1S/C8H13NO/c1-2-8(10)7-9-5-3-4-6-9/h3-6,8,10H,2,7H2,1H3. The summed E-state index contributed by atoms with van der Waals surface area (Å²) in [7, 11) is 0. The van der Waals surface area contributed by atoms with Crippen molar-refractivity contribution in [3.05, 3.63) is 24.5 Å². The van der Waals surface area contributed by atoms with E-state index in [1.165, 1.54) is 0 Å². The van der Waals surface area contributed by atoms with Crippen molar-refractivity contribution < 1.29 is 5.11 Å². The Morgan fingerprint density at radius 2 is 2.00 bits per heavy atom. The Morgan fingerprint density at radius 1 is 1.40 bits per heavy atom. The van der Waals surface area contributed by atoms with Crippen molar-refractivity contribution in [1.29, 1.82) is 0 Å². The molecule has 0 saturated carbocycles. The van der Waals surface area contributed by atoms with Gasteiger partial charge in [0.2, 0.25) is 0 Å². The molecule has 0 saturated heterocycles. The van der Waals surface area contributed by atoms with Crippen molar-refractivity contribution in [2.24, 2.45) is 0 Å². The lowest BCUT2D eigenvalue weighted by atomic mass is 10.3. The molecule has 1 aromatic rings. The molecule has 0 bridgehead atoms. The van der Waals surface area contributed by atoms with Gasteiger partial charge in [0.15, 0.2) is 0 Å². The first-order valence-electron chi connectivity index (χ1n) is 3.61. The van der Waals surface area contributed by atoms with Crippen molar-refractivity contribution in [2.45, 2.75) is 26.0 Å². The third-order valence-corrected chi connectivity index (χ3v) is 1.56. The molecule has 0 aliphatic heterocycles. The van der Waals surface area contributed by atoms with Crippen LogP contribution in [0.3, 0.4) is 0 Å². The highest BCUT2D eigenvalue weighted by atomic mass is 16.3. The topological polar surface area (TPSA) is 25.2 Å². The first-order chi connectivity index (χ1) is 4.83. The molecule has 1 heterocycles. The molecule has 1 aromatic heterocycles. The monoisotopic (exact) mass is 139 g/mol. The molecule has 2 heteroatoms. The maximum atomic E-state index is 9.21. The normalized spacial score (nSPS) is 13.4. The van der Waals surface area contributed by atoms with Crippen molar-refractivity contribution >= 4 is 0 Å². The van der Waals surface area contributed by atoms with Crippen molar-refractivity contribution in [1.82, 2.24) is 4.57 Å². The molecule has 1 rings (SSSR count). The van der Waals surface area contributed by atoms with Crippen LogP contribution >= 0.6 is 0 Å². The molecule has 0 aliphatic carbocycles. The zero-order valence-electron chi connectivity index (χ0n) is 6.20. The molecule has 1 unspecified atom stereocenters. The smallest absolute Gasteiger partial charge is 0.0716 e. The summed E-state index contributed by atoms with van der Waals surface area (Å²) in [4.78, 5) is 0. The summed E-state index contributed by atoms with van der Waals surface area (Å²) < 4.78 is 1.98. The zero-order valence-corrected chi connectivity index (χ0v) is 6.20. The quantitative estimate of drug-likeness (QED) is 0.670. The van der Waals surface area contributed by atoms with Crippen molar-refractivity contribution in [2.75, 3.05) is 0 Å². The average Bonchev–Trinajstić information content (AvgIpc) is 2.40. The molecule has 0 aliphatic rings. The van der Waals surface area contributed by atoms with Crippen LogP contribution in [0.4, 0.5) is 0 Å². The van der Waals surface area contributed by atoms with Crippen molar-refractivity contribution in [3.8, 4) is 0 Å². The Bertz CT molecular complexity index is 169. The summed E-state index contributed by atoms with van der Waals surface area (Å²) in [6, 6.07) is 3.92. The Morgan fingerprint density at radius 3 is 2.50 bits per heavy atom. The van der Waals surface area contributed by atoms with E-state index < -0.39 is 0 Å². The lowest BCUT2D eigenvalue weighted by Gasteiger charge is -2.07. The molecule has 1 N–H and O–H groups in total. The van der Waals surface area contributed by atoms with Crippen LogP contribution in [0.15, 0.2) is 24.5 Å². The highest BCUT2D eigenvalue weighted by Gasteiger charge is 1.98. The van der Waals surface area contributed by atoms with Gasteiger partial charge < -0.3 is 9.67 Å². The SMILES string of the molecule is CCC(O)Cn1cccc1. The molecular formula is C8H13NO. The van der Waals surface area contributed by atoms with Gasteiger partial charge in [-0.05, 0) is 18.6 Å². The average molecular weight is 139 g/mol. The lowest BCUT2D eigenvalue weighted by Crippen LogP contribution is -2.12. The number of rotatable bonds is 3. The Labute approximate surface area is 61.1 Å². The Kier molecular flexibility index (Phi) is 2.51. The fraction of sp³-hybridized carbons (Fsp3) is 0.500. The molecule has 0 spiro atoms. The van der Waals surface area contributed by atoms with Gasteiger partial charge in [-0.25, -0.2) is 0 Å². The largest absolute Gasteiger partial charge is 0.391 e. The second-order valence-electron chi connectivity index (χ2n) is 2.44. The Balaban J connectivity index is 2.40. The first kappa shape index (κ1) is 7.35. The summed E-state index contributed by atoms with van der Waals surface area (Å²) >= 11 is 0. The van der Waals surface area contributed by atoms with Gasteiger partial charge in [0.1, 0.15) is 0 Å².